The lowest BCUT2D eigenvalue weighted by Gasteiger charge is -2.08. The molecule has 0 aliphatic heterocycles. The van der Waals surface area contributed by atoms with Crippen molar-refractivity contribution in [3.63, 3.8) is 0 Å². The zero-order chi connectivity index (χ0) is 12.4. The van der Waals surface area contributed by atoms with Crippen LogP contribution in [0.2, 0.25) is 5.02 Å². The predicted octanol–water partition coefficient (Wildman–Crippen LogP) is 2.58. The number of halogens is 1. The monoisotopic (exact) mass is 250 g/mol. The molecule has 90 valence electrons. The van der Waals surface area contributed by atoms with Crippen molar-refractivity contribution in [3.8, 4) is 0 Å². The Morgan fingerprint density at radius 2 is 2.24 bits per heavy atom. The first-order chi connectivity index (χ1) is 8.08. The summed E-state index contributed by atoms with van der Waals surface area (Å²) in [5.41, 5.74) is 9.48. The van der Waals surface area contributed by atoms with E-state index >= 15 is 0 Å². The molecule has 1 aromatic heterocycles. The molecule has 0 saturated carbocycles. The molecule has 0 spiro atoms. The maximum atomic E-state index is 6.08. The first kappa shape index (κ1) is 11.8. The number of hydrogen-bond donors (Lipinski definition) is 2. The van der Waals surface area contributed by atoms with Crippen LogP contribution in [0.5, 0.6) is 0 Å². The third-order valence-electron chi connectivity index (χ3n) is 2.80. The van der Waals surface area contributed by atoms with E-state index in [0.29, 0.717) is 17.3 Å². The Labute approximate surface area is 105 Å². The Hall–Kier alpha value is -1.68. The third kappa shape index (κ3) is 2.53. The summed E-state index contributed by atoms with van der Waals surface area (Å²) in [5.74, 6) is 0. The number of hydrogen-bond acceptors (Lipinski definition) is 3. The van der Waals surface area contributed by atoms with Gasteiger partial charge in [-0.2, -0.15) is 5.10 Å². The minimum atomic E-state index is 0.631. The van der Waals surface area contributed by atoms with Crippen LogP contribution in [0.1, 0.15) is 11.3 Å². The minimum Gasteiger partial charge on any atom is -0.399 e. The zero-order valence-corrected chi connectivity index (χ0v) is 10.6. The van der Waals surface area contributed by atoms with Gasteiger partial charge in [0.25, 0.3) is 0 Å². The molecule has 2 rings (SSSR count). The number of nitrogens with two attached hydrogens (primary N) is 1. The maximum absolute atomic E-state index is 6.08. The number of nitrogens with one attached hydrogen (secondary N) is 1. The summed E-state index contributed by atoms with van der Waals surface area (Å²) < 4.78 is 1.85. The lowest BCUT2D eigenvalue weighted by atomic mass is 10.2. The Bertz CT molecular complexity index is 533. The highest BCUT2D eigenvalue weighted by Crippen LogP contribution is 2.24. The van der Waals surface area contributed by atoms with Gasteiger partial charge < -0.3 is 11.1 Å². The minimum absolute atomic E-state index is 0.631. The van der Waals surface area contributed by atoms with Crippen LogP contribution >= 0.6 is 11.6 Å². The Kier molecular flexibility index (Phi) is 3.24. The maximum Gasteiger partial charge on any atom is 0.0658 e. The van der Waals surface area contributed by atoms with E-state index in [9.17, 15) is 0 Å². The van der Waals surface area contributed by atoms with Gasteiger partial charge in [0.05, 0.1) is 16.9 Å². The van der Waals surface area contributed by atoms with Crippen LogP contribution in [0.15, 0.2) is 24.4 Å². The summed E-state index contributed by atoms with van der Waals surface area (Å²) in [7, 11) is 1.93. The molecule has 0 aliphatic rings. The van der Waals surface area contributed by atoms with Gasteiger partial charge in [0, 0.05) is 30.5 Å². The molecule has 4 nitrogen and oxygen atoms in total. The summed E-state index contributed by atoms with van der Waals surface area (Å²) in [5, 5.41) is 8.09. The summed E-state index contributed by atoms with van der Waals surface area (Å²) in [6.07, 6.45) is 1.85. The summed E-state index contributed by atoms with van der Waals surface area (Å²) in [4.78, 5) is 0. The average molecular weight is 251 g/mol. The van der Waals surface area contributed by atoms with Crippen molar-refractivity contribution in [2.75, 3.05) is 11.1 Å². The summed E-state index contributed by atoms with van der Waals surface area (Å²) in [6.45, 7) is 2.73. The Morgan fingerprint density at radius 3 is 2.82 bits per heavy atom. The van der Waals surface area contributed by atoms with Crippen molar-refractivity contribution >= 4 is 23.0 Å². The Balaban J connectivity index is 2.10. The molecule has 0 fully saturated rings. The van der Waals surface area contributed by atoms with Gasteiger partial charge in [-0.3, -0.25) is 4.68 Å². The van der Waals surface area contributed by atoms with Gasteiger partial charge in [-0.25, -0.2) is 0 Å². The average Bonchev–Trinajstić information content (AvgIpc) is 2.59. The fourth-order valence-corrected chi connectivity index (χ4v) is 1.84. The van der Waals surface area contributed by atoms with Crippen molar-refractivity contribution in [1.82, 2.24) is 9.78 Å². The molecule has 2 aromatic rings. The second kappa shape index (κ2) is 4.67. The number of aryl methyl sites for hydroxylation is 1. The first-order valence-electron chi connectivity index (χ1n) is 5.34. The predicted molar refractivity (Wildman–Crippen MR) is 71.1 cm³/mol. The fraction of sp³-hybridized carbons (Fsp3) is 0.250. The molecule has 0 unspecified atom stereocenters. The first-order valence-corrected chi connectivity index (χ1v) is 5.72. The van der Waals surface area contributed by atoms with Crippen molar-refractivity contribution < 1.29 is 0 Å². The van der Waals surface area contributed by atoms with Gasteiger partial charge in [-0.15, -0.1) is 0 Å². The van der Waals surface area contributed by atoms with Crippen molar-refractivity contribution in [2.45, 2.75) is 13.5 Å². The van der Waals surface area contributed by atoms with E-state index in [-0.39, 0.29) is 0 Å². The molecule has 5 heteroatoms. The summed E-state index contributed by atoms with van der Waals surface area (Å²) >= 11 is 6.08. The van der Waals surface area contributed by atoms with Crippen LogP contribution in [-0.2, 0) is 13.6 Å². The van der Waals surface area contributed by atoms with E-state index in [1.54, 1.807) is 6.07 Å². The van der Waals surface area contributed by atoms with E-state index in [0.717, 1.165) is 16.9 Å². The fourth-order valence-electron chi connectivity index (χ4n) is 1.58. The third-order valence-corrected chi connectivity index (χ3v) is 3.11. The van der Waals surface area contributed by atoms with E-state index in [2.05, 4.69) is 10.4 Å². The van der Waals surface area contributed by atoms with Gasteiger partial charge in [0.2, 0.25) is 0 Å². The smallest absolute Gasteiger partial charge is 0.0658 e. The van der Waals surface area contributed by atoms with E-state index in [4.69, 9.17) is 17.3 Å². The quantitative estimate of drug-likeness (QED) is 0.824. The van der Waals surface area contributed by atoms with Crippen LogP contribution < -0.4 is 11.1 Å². The molecule has 0 atom stereocenters. The van der Waals surface area contributed by atoms with E-state index in [1.165, 1.54) is 0 Å². The molecular formula is C12H15ClN4. The van der Waals surface area contributed by atoms with Crippen LogP contribution in [0.4, 0.5) is 11.4 Å². The number of benzene rings is 1. The van der Waals surface area contributed by atoms with Crippen molar-refractivity contribution in [3.05, 3.63) is 40.7 Å². The normalized spacial score (nSPS) is 10.5. The number of nitrogens with zero attached hydrogens (tertiary/aromatic N) is 2. The highest BCUT2D eigenvalue weighted by Gasteiger charge is 2.05. The molecule has 0 aliphatic carbocycles. The van der Waals surface area contributed by atoms with Crippen molar-refractivity contribution in [2.24, 2.45) is 7.05 Å². The van der Waals surface area contributed by atoms with Gasteiger partial charge in [0.1, 0.15) is 0 Å². The highest BCUT2D eigenvalue weighted by atomic mass is 35.5. The van der Waals surface area contributed by atoms with Gasteiger partial charge >= 0.3 is 0 Å². The molecule has 0 radical (unpaired) electrons. The second-order valence-corrected chi connectivity index (χ2v) is 4.38. The number of anilines is 2. The molecule has 0 amide bonds. The molecule has 1 heterocycles. The molecule has 0 bridgehead atoms. The summed E-state index contributed by atoms with van der Waals surface area (Å²) in [6, 6.07) is 5.44. The van der Waals surface area contributed by atoms with Gasteiger partial charge in [-0.1, -0.05) is 11.6 Å². The number of rotatable bonds is 3. The van der Waals surface area contributed by atoms with Crippen LogP contribution in [0.3, 0.4) is 0 Å². The Morgan fingerprint density at radius 1 is 1.47 bits per heavy atom. The van der Waals surface area contributed by atoms with E-state index < -0.39 is 0 Å². The number of aromatic nitrogens is 2. The molecule has 0 saturated heterocycles. The van der Waals surface area contributed by atoms with Crippen LogP contribution in [-0.4, -0.2) is 9.78 Å². The van der Waals surface area contributed by atoms with Crippen molar-refractivity contribution in [1.29, 1.82) is 0 Å². The van der Waals surface area contributed by atoms with Gasteiger partial charge in [-0.05, 0) is 25.1 Å². The lowest BCUT2D eigenvalue weighted by molar-refractivity contribution is 0.738. The molecular weight excluding hydrogens is 236 g/mol. The largest absolute Gasteiger partial charge is 0.399 e. The molecule has 1 aromatic carbocycles. The molecule has 17 heavy (non-hydrogen) atoms. The molecule has 3 N–H and O–H groups in total. The SMILES string of the molecule is Cc1c(CNc2ccc(N)cc2Cl)cnn1C. The topological polar surface area (TPSA) is 55.9 Å². The second-order valence-electron chi connectivity index (χ2n) is 3.97. The van der Waals surface area contributed by atoms with E-state index in [1.807, 2.05) is 37.0 Å². The van der Waals surface area contributed by atoms with Gasteiger partial charge in [0.15, 0.2) is 0 Å². The highest BCUT2D eigenvalue weighted by molar-refractivity contribution is 6.33. The van der Waals surface area contributed by atoms with Crippen LogP contribution in [0.25, 0.3) is 0 Å². The zero-order valence-electron chi connectivity index (χ0n) is 9.87. The lowest BCUT2D eigenvalue weighted by Crippen LogP contribution is -2.02. The number of nitrogen functional groups attached to an aromatic ring is 1. The standard InChI is InChI=1S/C12H15ClN4/c1-8-9(7-16-17(8)2)6-15-12-4-3-10(14)5-11(12)13/h3-5,7,15H,6,14H2,1-2H3. The van der Waals surface area contributed by atoms with Crippen LogP contribution in [0, 0.1) is 6.92 Å².